The minimum atomic E-state index is 0.776. The molecule has 0 saturated heterocycles. The molecule has 0 spiro atoms. The molecule has 14 heavy (non-hydrogen) atoms. The van der Waals surface area contributed by atoms with E-state index in [2.05, 4.69) is 12.2 Å². The highest BCUT2D eigenvalue weighted by Gasteiger charge is 2.22. The van der Waals surface area contributed by atoms with Crippen LogP contribution in [-0.2, 0) is 0 Å². The van der Waals surface area contributed by atoms with Gasteiger partial charge in [-0.15, -0.1) is 0 Å². The van der Waals surface area contributed by atoms with Crippen molar-refractivity contribution in [2.24, 2.45) is 11.8 Å². The van der Waals surface area contributed by atoms with Gasteiger partial charge in [0, 0.05) is 6.04 Å². The second-order valence-corrected chi connectivity index (χ2v) is 5.39. The van der Waals surface area contributed by atoms with Gasteiger partial charge in [0.15, 0.2) is 0 Å². The second kappa shape index (κ2) is 5.16. The number of hydrogen-bond acceptors (Lipinski definition) is 1. The van der Waals surface area contributed by atoms with Crippen molar-refractivity contribution in [3.63, 3.8) is 0 Å². The minimum absolute atomic E-state index is 0.776. The Kier molecular flexibility index (Phi) is 3.86. The fraction of sp³-hybridized carbons (Fsp3) is 1.00. The molecule has 0 aliphatic heterocycles. The third kappa shape index (κ3) is 2.73. The van der Waals surface area contributed by atoms with E-state index >= 15 is 0 Å². The molecule has 1 N–H and O–H groups in total. The Morgan fingerprint density at radius 2 is 1.57 bits per heavy atom. The lowest BCUT2D eigenvalue weighted by Crippen LogP contribution is -2.35. The minimum Gasteiger partial charge on any atom is -0.314 e. The second-order valence-electron chi connectivity index (χ2n) is 5.39. The van der Waals surface area contributed by atoms with E-state index in [1.165, 1.54) is 57.9 Å². The monoisotopic (exact) mass is 195 g/mol. The van der Waals surface area contributed by atoms with E-state index in [0.717, 1.165) is 17.9 Å². The quantitative estimate of drug-likeness (QED) is 0.725. The Morgan fingerprint density at radius 1 is 1.00 bits per heavy atom. The van der Waals surface area contributed by atoms with Crippen LogP contribution in [0.15, 0.2) is 0 Å². The van der Waals surface area contributed by atoms with E-state index in [-0.39, 0.29) is 0 Å². The van der Waals surface area contributed by atoms with Gasteiger partial charge in [0.2, 0.25) is 0 Å². The molecule has 2 aliphatic rings. The summed E-state index contributed by atoms with van der Waals surface area (Å²) in [7, 11) is 0. The first-order chi connectivity index (χ1) is 6.86. The molecule has 2 rings (SSSR count). The molecular weight excluding hydrogens is 170 g/mol. The van der Waals surface area contributed by atoms with Crippen molar-refractivity contribution in [3.8, 4) is 0 Å². The summed E-state index contributed by atoms with van der Waals surface area (Å²) < 4.78 is 0. The maximum absolute atomic E-state index is 3.77. The molecule has 0 aromatic carbocycles. The first kappa shape index (κ1) is 10.5. The van der Waals surface area contributed by atoms with E-state index in [0.29, 0.717) is 0 Å². The van der Waals surface area contributed by atoms with Crippen LogP contribution >= 0.6 is 0 Å². The lowest BCUT2D eigenvalue weighted by molar-refractivity contribution is 0.353. The molecule has 1 heteroatoms. The maximum atomic E-state index is 3.77. The van der Waals surface area contributed by atoms with Crippen molar-refractivity contribution < 1.29 is 0 Å². The van der Waals surface area contributed by atoms with Crippen LogP contribution in [-0.4, -0.2) is 12.6 Å². The molecule has 1 atom stereocenters. The number of nitrogens with one attached hydrogen (secondary N) is 1. The summed E-state index contributed by atoms with van der Waals surface area (Å²) in [4.78, 5) is 0. The van der Waals surface area contributed by atoms with Gasteiger partial charge in [0.25, 0.3) is 0 Å². The summed E-state index contributed by atoms with van der Waals surface area (Å²) >= 11 is 0. The van der Waals surface area contributed by atoms with E-state index in [9.17, 15) is 0 Å². The molecule has 0 aromatic rings. The Labute approximate surface area is 88.7 Å². The Morgan fingerprint density at radius 3 is 2.21 bits per heavy atom. The Balaban J connectivity index is 1.63. The molecular formula is C13H25N. The van der Waals surface area contributed by atoms with Gasteiger partial charge in [-0.1, -0.05) is 25.7 Å². The third-order valence-electron chi connectivity index (χ3n) is 4.31. The molecule has 0 aromatic heterocycles. The van der Waals surface area contributed by atoms with Crippen molar-refractivity contribution in [1.29, 1.82) is 0 Å². The molecule has 2 aliphatic carbocycles. The summed E-state index contributed by atoms with van der Waals surface area (Å²) in [5, 5.41) is 3.77. The van der Waals surface area contributed by atoms with Crippen LogP contribution in [0.4, 0.5) is 0 Å². The standard InChI is InChI=1S/C13H25N/c1-11(13-8-4-5-9-13)14-10-12-6-2-3-7-12/h11-14H,2-10H2,1H3/t11-/m1/s1. The van der Waals surface area contributed by atoms with Gasteiger partial charge in [-0.25, -0.2) is 0 Å². The zero-order valence-electron chi connectivity index (χ0n) is 9.60. The largest absolute Gasteiger partial charge is 0.314 e. The van der Waals surface area contributed by atoms with Crippen molar-refractivity contribution in [3.05, 3.63) is 0 Å². The summed E-state index contributed by atoms with van der Waals surface area (Å²) in [5.74, 6) is 1.98. The first-order valence-corrected chi connectivity index (χ1v) is 6.59. The Hall–Kier alpha value is -0.0400. The zero-order chi connectivity index (χ0) is 9.80. The molecule has 0 heterocycles. The average Bonchev–Trinajstić information content (AvgIpc) is 2.87. The van der Waals surface area contributed by atoms with Crippen LogP contribution in [0.5, 0.6) is 0 Å². The highest BCUT2D eigenvalue weighted by Crippen LogP contribution is 2.28. The molecule has 82 valence electrons. The van der Waals surface area contributed by atoms with Crippen molar-refractivity contribution in [1.82, 2.24) is 5.32 Å². The molecule has 0 radical (unpaired) electrons. The average molecular weight is 195 g/mol. The molecule has 2 fully saturated rings. The predicted molar refractivity (Wildman–Crippen MR) is 61.4 cm³/mol. The normalized spacial score (nSPS) is 27.2. The van der Waals surface area contributed by atoms with E-state index < -0.39 is 0 Å². The fourth-order valence-corrected chi connectivity index (χ4v) is 3.19. The highest BCUT2D eigenvalue weighted by atomic mass is 14.9. The summed E-state index contributed by atoms with van der Waals surface area (Å²) in [6.07, 6.45) is 11.8. The van der Waals surface area contributed by atoms with Crippen LogP contribution in [0, 0.1) is 11.8 Å². The molecule has 1 nitrogen and oxygen atoms in total. The SMILES string of the molecule is C[C@@H](NCC1CCCC1)C1CCCC1. The van der Waals surface area contributed by atoms with Gasteiger partial charge in [-0.05, 0) is 51.0 Å². The molecule has 2 saturated carbocycles. The Bertz CT molecular complexity index is 155. The number of hydrogen-bond donors (Lipinski definition) is 1. The van der Waals surface area contributed by atoms with E-state index in [1.807, 2.05) is 0 Å². The van der Waals surface area contributed by atoms with Gasteiger partial charge in [-0.2, -0.15) is 0 Å². The third-order valence-corrected chi connectivity index (χ3v) is 4.31. The van der Waals surface area contributed by atoms with Gasteiger partial charge >= 0.3 is 0 Å². The topological polar surface area (TPSA) is 12.0 Å². The fourth-order valence-electron chi connectivity index (χ4n) is 3.19. The van der Waals surface area contributed by atoms with Gasteiger partial charge < -0.3 is 5.32 Å². The smallest absolute Gasteiger partial charge is 0.00671 e. The summed E-state index contributed by atoms with van der Waals surface area (Å²) in [5.41, 5.74) is 0. The zero-order valence-corrected chi connectivity index (χ0v) is 9.60. The van der Waals surface area contributed by atoms with Crippen molar-refractivity contribution in [2.45, 2.75) is 64.3 Å². The maximum Gasteiger partial charge on any atom is 0.00671 e. The van der Waals surface area contributed by atoms with Crippen LogP contribution < -0.4 is 5.32 Å². The van der Waals surface area contributed by atoms with Crippen molar-refractivity contribution >= 4 is 0 Å². The van der Waals surface area contributed by atoms with Crippen LogP contribution in [0.3, 0.4) is 0 Å². The lowest BCUT2D eigenvalue weighted by Gasteiger charge is -2.22. The van der Waals surface area contributed by atoms with Gasteiger partial charge in [0.05, 0.1) is 0 Å². The highest BCUT2D eigenvalue weighted by molar-refractivity contribution is 4.79. The molecule has 0 amide bonds. The van der Waals surface area contributed by atoms with Crippen LogP contribution in [0.2, 0.25) is 0 Å². The summed E-state index contributed by atoms with van der Waals surface area (Å²) in [6.45, 7) is 3.68. The van der Waals surface area contributed by atoms with Gasteiger partial charge in [-0.3, -0.25) is 0 Å². The molecule has 0 unspecified atom stereocenters. The van der Waals surface area contributed by atoms with E-state index in [4.69, 9.17) is 0 Å². The van der Waals surface area contributed by atoms with Crippen molar-refractivity contribution in [2.75, 3.05) is 6.54 Å². The predicted octanol–water partition coefficient (Wildman–Crippen LogP) is 3.34. The van der Waals surface area contributed by atoms with Gasteiger partial charge in [0.1, 0.15) is 0 Å². The first-order valence-electron chi connectivity index (χ1n) is 6.59. The molecule has 0 bridgehead atoms. The lowest BCUT2D eigenvalue weighted by atomic mass is 9.99. The summed E-state index contributed by atoms with van der Waals surface area (Å²) in [6, 6.07) is 0.776. The van der Waals surface area contributed by atoms with Crippen LogP contribution in [0.1, 0.15) is 58.3 Å². The number of rotatable bonds is 4. The van der Waals surface area contributed by atoms with E-state index in [1.54, 1.807) is 0 Å². The van der Waals surface area contributed by atoms with Crippen LogP contribution in [0.25, 0.3) is 0 Å².